The molecule has 6 heteroatoms. The lowest BCUT2D eigenvalue weighted by Crippen LogP contribution is -2.49. The molecule has 0 radical (unpaired) electrons. The number of hydrogen-bond donors (Lipinski definition) is 3. The Bertz CT molecular complexity index is 303. The second-order valence-corrected chi connectivity index (χ2v) is 6.84. The molecule has 0 aromatic rings. The number of thioether (sulfide) groups is 1. The van der Waals surface area contributed by atoms with Crippen molar-refractivity contribution in [2.24, 2.45) is 11.3 Å². The van der Waals surface area contributed by atoms with Gasteiger partial charge < -0.3 is 15.7 Å². The summed E-state index contributed by atoms with van der Waals surface area (Å²) in [5.41, 5.74) is -0.291. The molecule has 0 saturated heterocycles. The van der Waals surface area contributed by atoms with Crippen molar-refractivity contribution < 1.29 is 14.7 Å². The molecule has 0 aliphatic heterocycles. The van der Waals surface area contributed by atoms with E-state index in [-0.39, 0.29) is 23.9 Å². The average molecular weight is 290 g/mol. The SMILES string of the molecule is CSCC(C)CNC(=O)NC(CC(=O)O)C(C)(C)C. The number of carboxylic acid groups (broad SMARTS) is 1. The van der Waals surface area contributed by atoms with Gasteiger partial charge in [0.25, 0.3) is 0 Å². The van der Waals surface area contributed by atoms with E-state index >= 15 is 0 Å². The van der Waals surface area contributed by atoms with E-state index in [1.807, 2.05) is 27.0 Å². The molecule has 0 aliphatic rings. The van der Waals surface area contributed by atoms with Crippen molar-refractivity contribution in [3.8, 4) is 0 Å². The van der Waals surface area contributed by atoms with Crippen LogP contribution < -0.4 is 10.6 Å². The van der Waals surface area contributed by atoms with E-state index in [0.717, 1.165) is 5.75 Å². The van der Waals surface area contributed by atoms with Crippen LogP contribution in [0.1, 0.15) is 34.1 Å². The fraction of sp³-hybridized carbons (Fsp3) is 0.846. The summed E-state index contributed by atoms with van der Waals surface area (Å²) >= 11 is 1.74. The minimum absolute atomic E-state index is 0.0721. The fourth-order valence-electron chi connectivity index (χ4n) is 1.57. The van der Waals surface area contributed by atoms with E-state index in [9.17, 15) is 9.59 Å². The fourth-order valence-corrected chi connectivity index (χ4v) is 2.25. The standard InChI is InChI=1S/C13H26N2O3S/c1-9(8-19-5)7-14-12(18)15-10(6-11(16)17)13(2,3)4/h9-10H,6-8H2,1-5H3,(H,16,17)(H2,14,15,18). The number of carboxylic acids is 1. The first-order valence-corrected chi connectivity index (χ1v) is 7.81. The lowest BCUT2D eigenvalue weighted by Gasteiger charge is -2.30. The van der Waals surface area contributed by atoms with E-state index in [1.54, 1.807) is 11.8 Å². The molecule has 0 saturated carbocycles. The zero-order valence-electron chi connectivity index (χ0n) is 12.4. The molecule has 2 unspecified atom stereocenters. The minimum Gasteiger partial charge on any atom is -0.481 e. The molecular formula is C13H26N2O3S. The zero-order chi connectivity index (χ0) is 15.1. The van der Waals surface area contributed by atoms with Crippen molar-refractivity contribution in [1.82, 2.24) is 10.6 Å². The molecule has 0 fully saturated rings. The molecule has 0 bridgehead atoms. The van der Waals surface area contributed by atoms with E-state index < -0.39 is 5.97 Å². The summed E-state index contributed by atoms with van der Waals surface area (Å²) in [6.07, 6.45) is 1.95. The van der Waals surface area contributed by atoms with Gasteiger partial charge in [-0.15, -0.1) is 0 Å². The van der Waals surface area contributed by atoms with E-state index in [0.29, 0.717) is 12.5 Å². The third kappa shape index (κ3) is 8.75. The number of amides is 2. The second-order valence-electron chi connectivity index (χ2n) is 5.93. The van der Waals surface area contributed by atoms with Crippen molar-refractivity contribution in [3.05, 3.63) is 0 Å². The molecule has 0 aromatic carbocycles. The predicted molar refractivity (Wildman–Crippen MR) is 79.6 cm³/mol. The number of rotatable bonds is 7. The van der Waals surface area contributed by atoms with Gasteiger partial charge in [0.05, 0.1) is 6.42 Å². The van der Waals surface area contributed by atoms with Crippen molar-refractivity contribution in [3.63, 3.8) is 0 Å². The Morgan fingerprint density at radius 1 is 1.32 bits per heavy atom. The zero-order valence-corrected chi connectivity index (χ0v) is 13.3. The average Bonchev–Trinajstić information content (AvgIpc) is 2.24. The quantitative estimate of drug-likeness (QED) is 0.671. The number of hydrogen-bond acceptors (Lipinski definition) is 3. The van der Waals surface area contributed by atoms with E-state index in [4.69, 9.17) is 5.11 Å². The van der Waals surface area contributed by atoms with Crippen molar-refractivity contribution in [1.29, 1.82) is 0 Å². The molecule has 19 heavy (non-hydrogen) atoms. The van der Waals surface area contributed by atoms with Gasteiger partial charge in [-0.1, -0.05) is 27.7 Å². The molecule has 5 nitrogen and oxygen atoms in total. The van der Waals surface area contributed by atoms with Gasteiger partial charge in [0.2, 0.25) is 0 Å². The number of carbonyl (C=O) groups excluding carboxylic acids is 1. The highest BCUT2D eigenvalue weighted by atomic mass is 32.2. The minimum atomic E-state index is -0.907. The summed E-state index contributed by atoms with van der Waals surface area (Å²) in [6.45, 7) is 8.40. The maximum absolute atomic E-state index is 11.8. The molecule has 0 rings (SSSR count). The van der Waals surface area contributed by atoms with Crippen LogP contribution in [0.5, 0.6) is 0 Å². The van der Waals surface area contributed by atoms with Crippen LogP contribution in [0.15, 0.2) is 0 Å². The molecule has 2 amide bonds. The molecule has 0 spiro atoms. The maximum atomic E-state index is 11.8. The maximum Gasteiger partial charge on any atom is 0.315 e. The van der Waals surface area contributed by atoms with Gasteiger partial charge in [0.1, 0.15) is 0 Å². The van der Waals surface area contributed by atoms with Crippen LogP contribution in [0.25, 0.3) is 0 Å². The van der Waals surface area contributed by atoms with Crippen LogP contribution in [0.3, 0.4) is 0 Å². The smallest absolute Gasteiger partial charge is 0.315 e. The summed E-state index contributed by atoms with van der Waals surface area (Å²) in [5, 5.41) is 14.4. The highest BCUT2D eigenvalue weighted by Crippen LogP contribution is 2.21. The summed E-state index contributed by atoms with van der Waals surface area (Å²) in [7, 11) is 0. The molecule has 0 heterocycles. The Morgan fingerprint density at radius 3 is 2.32 bits per heavy atom. The second kappa shape index (κ2) is 8.30. The van der Waals surface area contributed by atoms with Crippen LogP contribution in [-0.2, 0) is 4.79 Å². The Hall–Kier alpha value is -0.910. The monoisotopic (exact) mass is 290 g/mol. The highest BCUT2D eigenvalue weighted by molar-refractivity contribution is 7.98. The van der Waals surface area contributed by atoms with Gasteiger partial charge in [-0.25, -0.2) is 4.79 Å². The summed E-state index contributed by atoms with van der Waals surface area (Å²) in [5.74, 6) is 0.474. The van der Waals surface area contributed by atoms with E-state index in [2.05, 4.69) is 17.6 Å². The first-order chi connectivity index (χ1) is 8.66. The van der Waals surface area contributed by atoms with Crippen LogP contribution in [0.2, 0.25) is 0 Å². The predicted octanol–water partition coefficient (Wildman–Crippen LogP) is 2.17. The van der Waals surface area contributed by atoms with Gasteiger partial charge >= 0.3 is 12.0 Å². The van der Waals surface area contributed by atoms with Gasteiger partial charge in [0.15, 0.2) is 0 Å². The van der Waals surface area contributed by atoms with Crippen LogP contribution in [-0.4, -0.2) is 41.7 Å². The number of aliphatic carboxylic acids is 1. The Kier molecular flexibility index (Phi) is 7.90. The van der Waals surface area contributed by atoms with Crippen molar-refractivity contribution >= 4 is 23.8 Å². The Balaban J connectivity index is 4.28. The number of carbonyl (C=O) groups is 2. The highest BCUT2D eigenvalue weighted by Gasteiger charge is 2.28. The van der Waals surface area contributed by atoms with Crippen molar-refractivity contribution in [2.75, 3.05) is 18.6 Å². The molecule has 2 atom stereocenters. The molecule has 0 aromatic heterocycles. The third-order valence-electron chi connectivity index (χ3n) is 2.79. The summed E-state index contributed by atoms with van der Waals surface area (Å²) in [4.78, 5) is 22.6. The van der Waals surface area contributed by atoms with E-state index in [1.165, 1.54) is 0 Å². The lowest BCUT2D eigenvalue weighted by molar-refractivity contribution is -0.138. The first kappa shape index (κ1) is 18.1. The first-order valence-electron chi connectivity index (χ1n) is 6.42. The molecule has 0 aliphatic carbocycles. The van der Waals surface area contributed by atoms with Crippen LogP contribution in [0, 0.1) is 11.3 Å². The van der Waals surface area contributed by atoms with Crippen LogP contribution >= 0.6 is 11.8 Å². The number of urea groups is 1. The van der Waals surface area contributed by atoms with Crippen molar-refractivity contribution in [2.45, 2.75) is 40.2 Å². The Labute approximate surface area is 119 Å². The lowest BCUT2D eigenvalue weighted by atomic mass is 9.85. The van der Waals surface area contributed by atoms with Gasteiger partial charge in [-0.2, -0.15) is 11.8 Å². The topological polar surface area (TPSA) is 78.4 Å². The van der Waals surface area contributed by atoms with Gasteiger partial charge in [0, 0.05) is 12.6 Å². The third-order valence-corrected chi connectivity index (χ3v) is 3.69. The molecular weight excluding hydrogens is 264 g/mol. The Morgan fingerprint density at radius 2 is 1.89 bits per heavy atom. The summed E-state index contributed by atoms with van der Waals surface area (Å²) in [6, 6.07) is -0.685. The van der Waals surface area contributed by atoms with Crippen LogP contribution in [0.4, 0.5) is 4.79 Å². The summed E-state index contributed by atoms with van der Waals surface area (Å²) < 4.78 is 0. The number of nitrogens with one attached hydrogen (secondary N) is 2. The molecule has 3 N–H and O–H groups in total. The van der Waals surface area contributed by atoms with Gasteiger partial charge in [-0.3, -0.25) is 4.79 Å². The largest absolute Gasteiger partial charge is 0.481 e. The normalized spacial score (nSPS) is 14.6. The molecule has 112 valence electrons. The van der Waals surface area contributed by atoms with Gasteiger partial charge in [-0.05, 0) is 23.3 Å².